The molecule has 1 aromatic heterocycles. The molecule has 7 nitrogen and oxygen atoms in total. The molecule has 0 N–H and O–H groups in total. The van der Waals surface area contributed by atoms with E-state index in [1.165, 1.54) is 25.6 Å². The Morgan fingerprint density at radius 3 is 2.46 bits per heavy atom. The first-order chi connectivity index (χ1) is 17.1. The third-order valence-electron chi connectivity index (χ3n) is 5.52. The number of benzene rings is 3. The third-order valence-corrected chi connectivity index (χ3v) is 6.47. The number of ether oxygens (including phenoxy) is 2. The first-order valence-corrected chi connectivity index (χ1v) is 12.0. The molecule has 0 atom stereocenters. The van der Waals surface area contributed by atoms with Crippen LogP contribution in [0.1, 0.15) is 23.1 Å². The van der Waals surface area contributed by atoms with Gasteiger partial charge in [-0.1, -0.05) is 65.0 Å². The van der Waals surface area contributed by atoms with Crippen molar-refractivity contribution in [1.29, 1.82) is 0 Å². The van der Waals surface area contributed by atoms with Gasteiger partial charge in [0, 0.05) is 17.5 Å². The second-order valence-corrected chi connectivity index (χ2v) is 8.75. The summed E-state index contributed by atoms with van der Waals surface area (Å²) in [5.74, 6) is 0.484. The molecule has 0 aliphatic rings. The van der Waals surface area contributed by atoms with Crippen LogP contribution in [0.25, 0.3) is 10.2 Å². The van der Waals surface area contributed by atoms with E-state index in [1.54, 1.807) is 4.57 Å². The van der Waals surface area contributed by atoms with Crippen molar-refractivity contribution < 1.29 is 19.1 Å². The quantitative estimate of drug-likeness (QED) is 0.184. The largest absolute Gasteiger partial charge is 0.492 e. The summed E-state index contributed by atoms with van der Waals surface area (Å²) in [7, 11) is 2.91. The molecule has 180 valence electrons. The van der Waals surface area contributed by atoms with Gasteiger partial charge in [0.15, 0.2) is 0 Å². The van der Waals surface area contributed by atoms with Crippen LogP contribution < -0.4 is 9.61 Å². The second kappa shape index (κ2) is 11.5. The lowest BCUT2D eigenvalue weighted by Gasteiger charge is -2.09. The zero-order valence-corrected chi connectivity index (χ0v) is 20.4. The molecule has 0 saturated carbocycles. The van der Waals surface area contributed by atoms with E-state index >= 15 is 0 Å². The number of fused-ring (bicyclic) bond motifs is 1. The van der Waals surface area contributed by atoms with Crippen molar-refractivity contribution in [3.8, 4) is 5.75 Å². The number of hydrogen-bond donors (Lipinski definition) is 0. The van der Waals surface area contributed by atoms with Crippen LogP contribution in [0.4, 0.5) is 0 Å². The average Bonchev–Trinajstić information content (AvgIpc) is 3.21. The van der Waals surface area contributed by atoms with Crippen LogP contribution in [0.15, 0.2) is 82.7 Å². The summed E-state index contributed by atoms with van der Waals surface area (Å²) in [5, 5.41) is 4.21. The Hall–Kier alpha value is -3.91. The SMILES string of the molecule is CON=C(c1ccccc1)c1ccc2c(c1)sc(=O)n2CCOc1ccc(CCC(=O)OC)cc1. The van der Waals surface area contributed by atoms with E-state index in [9.17, 15) is 9.59 Å². The van der Waals surface area contributed by atoms with Gasteiger partial charge in [-0.2, -0.15) is 0 Å². The highest BCUT2D eigenvalue weighted by Crippen LogP contribution is 2.22. The van der Waals surface area contributed by atoms with Gasteiger partial charge in [-0.25, -0.2) is 0 Å². The zero-order chi connectivity index (χ0) is 24.6. The van der Waals surface area contributed by atoms with Crippen LogP contribution in [-0.2, 0) is 27.3 Å². The molecule has 8 heteroatoms. The molecule has 0 radical (unpaired) electrons. The van der Waals surface area contributed by atoms with E-state index in [4.69, 9.17) is 9.57 Å². The smallest absolute Gasteiger partial charge is 0.308 e. The van der Waals surface area contributed by atoms with Crippen molar-refractivity contribution in [3.05, 3.63) is 99.2 Å². The van der Waals surface area contributed by atoms with Gasteiger partial charge in [0.25, 0.3) is 0 Å². The minimum atomic E-state index is -0.229. The minimum absolute atomic E-state index is 0.0381. The van der Waals surface area contributed by atoms with Crippen LogP contribution in [0.2, 0.25) is 0 Å². The summed E-state index contributed by atoms with van der Waals surface area (Å²) in [6, 6.07) is 23.2. The summed E-state index contributed by atoms with van der Waals surface area (Å²) in [4.78, 5) is 29.0. The molecule has 0 amide bonds. The fraction of sp³-hybridized carbons (Fsp3) is 0.222. The number of hydrogen-bond acceptors (Lipinski definition) is 7. The van der Waals surface area contributed by atoms with Gasteiger partial charge in [0.2, 0.25) is 0 Å². The van der Waals surface area contributed by atoms with Crippen LogP contribution in [-0.4, -0.2) is 37.1 Å². The summed E-state index contributed by atoms with van der Waals surface area (Å²) >= 11 is 1.20. The van der Waals surface area contributed by atoms with Gasteiger partial charge in [-0.15, -0.1) is 0 Å². The van der Waals surface area contributed by atoms with E-state index in [-0.39, 0.29) is 10.8 Å². The Labute approximate surface area is 207 Å². The summed E-state index contributed by atoms with van der Waals surface area (Å²) in [5.41, 5.74) is 4.41. The number of methoxy groups -OCH3 is 1. The Bertz CT molecular complexity index is 1370. The Balaban J connectivity index is 1.44. The van der Waals surface area contributed by atoms with Gasteiger partial charge in [0.05, 0.1) is 23.9 Å². The molecule has 0 spiro atoms. The van der Waals surface area contributed by atoms with Gasteiger partial charge in [-0.05, 0) is 36.2 Å². The first-order valence-electron chi connectivity index (χ1n) is 11.2. The molecule has 1 heterocycles. The van der Waals surface area contributed by atoms with Crippen LogP contribution in [0.5, 0.6) is 5.75 Å². The highest BCUT2D eigenvalue weighted by Gasteiger charge is 2.13. The summed E-state index contributed by atoms with van der Waals surface area (Å²) in [6.07, 6.45) is 0.961. The number of rotatable bonds is 10. The van der Waals surface area contributed by atoms with E-state index < -0.39 is 0 Å². The van der Waals surface area contributed by atoms with E-state index in [1.807, 2.05) is 72.8 Å². The van der Waals surface area contributed by atoms with Gasteiger partial charge in [0.1, 0.15) is 25.2 Å². The molecule has 4 rings (SSSR count). The van der Waals surface area contributed by atoms with E-state index in [2.05, 4.69) is 9.89 Å². The molecule has 0 saturated heterocycles. The molecule has 35 heavy (non-hydrogen) atoms. The number of aromatic nitrogens is 1. The molecule has 3 aromatic carbocycles. The minimum Gasteiger partial charge on any atom is -0.492 e. The maximum Gasteiger partial charge on any atom is 0.308 e. The highest BCUT2D eigenvalue weighted by atomic mass is 32.1. The van der Waals surface area contributed by atoms with Gasteiger partial charge < -0.3 is 14.3 Å². The molecule has 0 fully saturated rings. The predicted molar refractivity (Wildman–Crippen MR) is 137 cm³/mol. The number of aryl methyl sites for hydroxylation is 1. The molecule has 0 unspecified atom stereocenters. The number of oxime groups is 1. The fourth-order valence-electron chi connectivity index (χ4n) is 3.74. The summed E-state index contributed by atoms with van der Waals surface area (Å²) in [6.45, 7) is 0.787. The Morgan fingerprint density at radius 2 is 1.74 bits per heavy atom. The normalized spacial score (nSPS) is 11.4. The maximum atomic E-state index is 12.7. The van der Waals surface area contributed by atoms with Crippen molar-refractivity contribution in [3.63, 3.8) is 0 Å². The Kier molecular flexibility index (Phi) is 7.95. The van der Waals surface area contributed by atoms with Crippen molar-refractivity contribution in [1.82, 2.24) is 4.57 Å². The highest BCUT2D eigenvalue weighted by molar-refractivity contribution is 7.16. The van der Waals surface area contributed by atoms with Crippen LogP contribution in [0, 0.1) is 0 Å². The molecular weight excluding hydrogens is 464 g/mol. The molecule has 0 aliphatic heterocycles. The number of carbonyl (C=O) groups is 1. The lowest BCUT2D eigenvalue weighted by atomic mass is 10.0. The lowest BCUT2D eigenvalue weighted by molar-refractivity contribution is -0.140. The lowest BCUT2D eigenvalue weighted by Crippen LogP contribution is -2.17. The number of nitrogens with zero attached hydrogens (tertiary/aromatic N) is 2. The topological polar surface area (TPSA) is 79.1 Å². The number of esters is 1. The van der Waals surface area contributed by atoms with Crippen molar-refractivity contribution in [2.24, 2.45) is 5.16 Å². The van der Waals surface area contributed by atoms with Crippen LogP contribution >= 0.6 is 11.3 Å². The molecular formula is C27H26N2O5S. The molecule has 0 aliphatic carbocycles. The monoisotopic (exact) mass is 490 g/mol. The Morgan fingerprint density at radius 1 is 0.971 bits per heavy atom. The van der Waals surface area contributed by atoms with Crippen LogP contribution in [0.3, 0.4) is 0 Å². The van der Waals surface area contributed by atoms with Crippen molar-refractivity contribution >= 4 is 33.2 Å². The number of carbonyl (C=O) groups excluding carboxylic acids is 1. The summed E-state index contributed by atoms with van der Waals surface area (Å²) < 4.78 is 13.1. The second-order valence-electron chi connectivity index (χ2n) is 7.76. The van der Waals surface area contributed by atoms with E-state index in [0.717, 1.165) is 26.9 Å². The standard InChI is InChI=1S/C27H26N2O5S/c1-32-25(30)15-10-19-8-12-22(13-9-19)34-17-16-29-23-14-11-21(18-24(23)35-27(29)31)26(28-33-2)20-6-4-3-5-7-20/h3-9,11-14,18H,10,15-17H2,1-2H3. The molecule has 4 aromatic rings. The van der Waals surface area contributed by atoms with Gasteiger partial charge >= 0.3 is 10.8 Å². The number of thiazole rings is 1. The van der Waals surface area contributed by atoms with Gasteiger partial charge in [-0.3, -0.25) is 14.2 Å². The molecule has 0 bridgehead atoms. The predicted octanol–water partition coefficient (Wildman–Crippen LogP) is 4.65. The zero-order valence-electron chi connectivity index (χ0n) is 19.6. The van der Waals surface area contributed by atoms with Crippen molar-refractivity contribution in [2.45, 2.75) is 19.4 Å². The van der Waals surface area contributed by atoms with Crippen molar-refractivity contribution in [2.75, 3.05) is 20.8 Å². The van der Waals surface area contributed by atoms with E-state index in [0.29, 0.717) is 37.5 Å². The third kappa shape index (κ3) is 5.96. The fourth-order valence-corrected chi connectivity index (χ4v) is 4.70. The average molecular weight is 491 g/mol. The maximum absolute atomic E-state index is 12.7. The first kappa shape index (κ1) is 24.2.